The molecule has 9 heavy (non-hydrogen) atoms. The van der Waals surface area contributed by atoms with E-state index in [4.69, 9.17) is 22.4 Å². The van der Waals surface area contributed by atoms with Crippen molar-refractivity contribution in [2.24, 2.45) is 0 Å². The van der Waals surface area contributed by atoms with E-state index in [0.717, 1.165) is 0 Å². The highest BCUT2D eigenvalue weighted by molar-refractivity contribution is 6.45. The van der Waals surface area contributed by atoms with Gasteiger partial charge >= 0.3 is 0 Å². The lowest BCUT2D eigenvalue weighted by molar-refractivity contribution is 1.24. The summed E-state index contributed by atoms with van der Waals surface area (Å²) in [5.74, 6) is 0. The summed E-state index contributed by atoms with van der Waals surface area (Å²) in [6.45, 7) is 0. The van der Waals surface area contributed by atoms with Crippen molar-refractivity contribution < 1.29 is 0 Å². The molecule has 0 atom stereocenters. The molecule has 0 aromatic rings. The molecule has 3 heteroatoms. The van der Waals surface area contributed by atoms with Gasteiger partial charge in [0.25, 0.3) is 0 Å². The fourth-order valence-electron chi connectivity index (χ4n) is 0.706. The van der Waals surface area contributed by atoms with Crippen LogP contribution < -0.4 is 0 Å². The van der Waals surface area contributed by atoms with Gasteiger partial charge in [-0.2, -0.15) is 0 Å². The van der Waals surface area contributed by atoms with Crippen LogP contribution in [0.25, 0.3) is 0 Å². The van der Waals surface area contributed by atoms with Gasteiger partial charge in [-0.1, -0.05) is 17.7 Å². The van der Waals surface area contributed by atoms with Crippen LogP contribution in [-0.2, 0) is 0 Å². The quantitative estimate of drug-likeness (QED) is 0.520. The lowest BCUT2D eigenvalue weighted by Crippen LogP contribution is -2.10. The van der Waals surface area contributed by atoms with Gasteiger partial charge in [-0.15, -0.1) is 0 Å². The van der Waals surface area contributed by atoms with Crippen molar-refractivity contribution in [2.75, 3.05) is 0 Å². The number of nitrogens with one attached hydrogen (secondary N) is 2. The lowest BCUT2D eigenvalue weighted by Gasteiger charge is -2.08. The molecule has 1 aliphatic rings. The normalized spacial score (nSPS) is 19.9. The van der Waals surface area contributed by atoms with Crippen LogP contribution in [0.2, 0.25) is 0 Å². The van der Waals surface area contributed by atoms with E-state index in [1.54, 1.807) is 6.08 Å². The van der Waals surface area contributed by atoms with E-state index >= 15 is 0 Å². The second-order valence-corrected chi connectivity index (χ2v) is 2.42. The first kappa shape index (κ1) is 6.49. The second kappa shape index (κ2) is 2.31. The highest BCUT2D eigenvalue weighted by Gasteiger charge is 2.10. The molecule has 0 saturated carbocycles. The molecule has 0 aromatic heterocycles. The summed E-state index contributed by atoms with van der Waals surface area (Å²) in [5.41, 5.74) is 0.942. The molecule has 2 nitrogen and oxygen atoms in total. The van der Waals surface area contributed by atoms with Crippen molar-refractivity contribution >= 4 is 23.0 Å². The van der Waals surface area contributed by atoms with Crippen molar-refractivity contribution in [3.8, 4) is 0 Å². The van der Waals surface area contributed by atoms with Gasteiger partial charge in [-0.3, -0.25) is 0 Å². The first-order valence-electron chi connectivity index (χ1n) is 2.70. The predicted octanol–water partition coefficient (Wildman–Crippen LogP) is 1.94. The van der Waals surface area contributed by atoms with Crippen LogP contribution in [0.5, 0.6) is 0 Å². The highest BCUT2D eigenvalue weighted by atomic mass is 35.5. The maximum atomic E-state index is 7.18. The van der Waals surface area contributed by atoms with Gasteiger partial charge in [0.2, 0.25) is 0 Å². The molecule has 1 rings (SSSR count). The van der Waals surface area contributed by atoms with Gasteiger partial charge < -0.3 is 10.8 Å². The number of hydrogen-bond acceptors (Lipinski definition) is 2. The smallest absolute Gasteiger partial charge is 0.0581 e. The minimum atomic E-state index is 0.368. The fraction of sp³-hybridized carbons (Fsp3) is 0.333. The maximum Gasteiger partial charge on any atom is 0.0581 e. The molecule has 1 aliphatic carbocycles. The van der Waals surface area contributed by atoms with Gasteiger partial charge in [0.1, 0.15) is 0 Å². The molecule has 0 amide bonds. The van der Waals surface area contributed by atoms with Crippen molar-refractivity contribution in [1.82, 2.24) is 0 Å². The van der Waals surface area contributed by atoms with Crippen molar-refractivity contribution in [1.29, 1.82) is 10.8 Å². The van der Waals surface area contributed by atoms with E-state index in [1.165, 1.54) is 0 Å². The molecular weight excluding hydrogens is 136 g/mol. The van der Waals surface area contributed by atoms with E-state index in [2.05, 4.69) is 0 Å². The van der Waals surface area contributed by atoms with Crippen LogP contribution >= 0.6 is 11.6 Å². The third kappa shape index (κ3) is 1.39. The molecular formula is C6H7ClN2. The Bertz CT molecular complexity index is 193. The summed E-state index contributed by atoms with van der Waals surface area (Å²) in [7, 11) is 0. The minimum Gasteiger partial charge on any atom is -0.309 e. The van der Waals surface area contributed by atoms with Gasteiger partial charge in [0, 0.05) is 18.6 Å². The average molecular weight is 143 g/mol. The third-order valence-electron chi connectivity index (χ3n) is 1.21. The van der Waals surface area contributed by atoms with Crippen LogP contribution in [0.15, 0.2) is 11.1 Å². The number of rotatable bonds is 0. The van der Waals surface area contributed by atoms with Crippen LogP contribution in [0.4, 0.5) is 0 Å². The summed E-state index contributed by atoms with van der Waals surface area (Å²) in [6, 6.07) is 0. The fourth-order valence-corrected chi connectivity index (χ4v) is 0.850. The Hall–Kier alpha value is -0.630. The summed E-state index contributed by atoms with van der Waals surface area (Å²) >= 11 is 5.57. The number of allylic oxidation sites excluding steroid dienone is 2. The largest absolute Gasteiger partial charge is 0.309 e. The Balaban J connectivity index is 2.79. The van der Waals surface area contributed by atoms with Crippen molar-refractivity contribution in [3.63, 3.8) is 0 Å². The minimum absolute atomic E-state index is 0.368. The second-order valence-electron chi connectivity index (χ2n) is 2.02. The standard InChI is InChI=1S/C6H7ClN2/c7-5-2-1-4(8)3-6(5)9/h2,8-9H,1,3H2. The topological polar surface area (TPSA) is 47.7 Å². The van der Waals surface area contributed by atoms with Crippen LogP contribution in [-0.4, -0.2) is 11.4 Å². The Kier molecular flexibility index (Phi) is 1.67. The van der Waals surface area contributed by atoms with E-state index in [-0.39, 0.29) is 0 Å². The van der Waals surface area contributed by atoms with Crippen LogP contribution in [0.1, 0.15) is 12.8 Å². The number of halogens is 1. The Morgan fingerprint density at radius 2 is 2.11 bits per heavy atom. The zero-order chi connectivity index (χ0) is 6.85. The molecule has 0 unspecified atom stereocenters. The first-order chi connectivity index (χ1) is 4.20. The first-order valence-corrected chi connectivity index (χ1v) is 3.07. The SMILES string of the molecule is N=C1CC=C(Cl)C(=N)C1. The summed E-state index contributed by atoms with van der Waals surface area (Å²) in [5, 5.41) is 14.9. The molecule has 0 aliphatic heterocycles. The average Bonchev–Trinajstić information content (AvgIpc) is 1.80. The summed E-state index contributed by atoms with van der Waals surface area (Å²) in [4.78, 5) is 0. The molecule has 0 saturated heterocycles. The van der Waals surface area contributed by atoms with Crippen molar-refractivity contribution in [2.45, 2.75) is 12.8 Å². The van der Waals surface area contributed by atoms with Gasteiger partial charge in [-0.25, -0.2) is 0 Å². The van der Waals surface area contributed by atoms with Gasteiger partial charge in [0.15, 0.2) is 0 Å². The van der Waals surface area contributed by atoms with Gasteiger partial charge in [-0.05, 0) is 0 Å². The molecule has 48 valence electrons. The van der Waals surface area contributed by atoms with E-state index < -0.39 is 0 Å². The summed E-state index contributed by atoms with van der Waals surface area (Å²) in [6.07, 6.45) is 2.74. The number of hydrogen-bond donors (Lipinski definition) is 2. The monoisotopic (exact) mass is 142 g/mol. The molecule has 0 radical (unpaired) electrons. The van der Waals surface area contributed by atoms with Crippen LogP contribution in [0, 0.1) is 10.8 Å². The maximum absolute atomic E-state index is 7.18. The Morgan fingerprint density at radius 1 is 1.44 bits per heavy atom. The highest BCUT2D eigenvalue weighted by Crippen LogP contribution is 2.14. The molecule has 0 bridgehead atoms. The molecule has 0 fully saturated rings. The van der Waals surface area contributed by atoms with E-state index in [0.29, 0.717) is 29.3 Å². The van der Waals surface area contributed by atoms with E-state index in [9.17, 15) is 0 Å². The van der Waals surface area contributed by atoms with Crippen LogP contribution in [0.3, 0.4) is 0 Å². The summed E-state index contributed by atoms with van der Waals surface area (Å²) < 4.78 is 0. The molecule has 0 aromatic carbocycles. The van der Waals surface area contributed by atoms with Crippen molar-refractivity contribution in [3.05, 3.63) is 11.1 Å². The Morgan fingerprint density at radius 3 is 2.56 bits per heavy atom. The lowest BCUT2D eigenvalue weighted by atomic mass is 10.0. The predicted molar refractivity (Wildman–Crippen MR) is 38.6 cm³/mol. The molecule has 2 N–H and O–H groups in total. The Labute approximate surface area is 58.5 Å². The zero-order valence-corrected chi connectivity index (χ0v) is 5.63. The molecule has 0 heterocycles. The molecule has 0 spiro atoms. The zero-order valence-electron chi connectivity index (χ0n) is 4.87. The third-order valence-corrected chi connectivity index (χ3v) is 1.59. The van der Waals surface area contributed by atoms with E-state index in [1.807, 2.05) is 0 Å². The van der Waals surface area contributed by atoms with Gasteiger partial charge in [0.05, 0.1) is 10.7 Å².